The molecule has 1 rings (SSSR count). The fourth-order valence-corrected chi connectivity index (χ4v) is 1.08. The molecule has 0 unspecified atom stereocenters. The molecule has 17 heavy (non-hydrogen) atoms. The van der Waals surface area contributed by atoms with E-state index < -0.39 is 40.0 Å². The second-order valence-electron chi connectivity index (χ2n) is 2.87. The lowest BCUT2D eigenvalue weighted by Crippen LogP contribution is -2.21. The minimum atomic E-state index is -5.22. The quantitative estimate of drug-likeness (QED) is 0.502. The maximum atomic E-state index is 12.3. The average molecular weight is 258 g/mol. The van der Waals surface area contributed by atoms with E-state index in [-0.39, 0.29) is 6.07 Å². The standard InChI is InChI=1S/C7H3F5N2O3/c8-5(9)2-1-3(14(16)17)6(15)13-4(2)7(10,11)12/h1,5H,(H,13,15). The van der Waals surface area contributed by atoms with E-state index >= 15 is 0 Å². The van der Waals surface area contributed by atoms with Crippen molar-refractivity contribution in [3.8, 4) is 0 Å². The summed E-state index contributed by atoms with van der Waals surface area (Å²) in [5, 5.41) is 10.2. The molecule has 0 radical (unpaired) electrons. The van der Waals surface area contributed by atoms with Gasteiger partial charge in [-0.15, -0.1) is 0 Å². The Bertz CT molecular complexity index is 507. The number of aromatic nitrogens is 1. The van der Waals surface area contributed by atoms with Gasteiger partial charge in [-0.3, -0.25) is 14.9 Å². The molecule has 0 aromatic carbocycles. The normalized spacial score (nSPS) is 11.9. The van der Waals surface area contributed by atoms with Gasteiger partial charge in [0.05, 0.1) is 10.5 Å². The first-order valence-electron chi connectivity index (χ1n) is 3.91. The monoisotopic (exact) mass is 258 g/mol. The second kappa shape index (κ2) is 4.11. The van der Waals surface area contributed by atoms with Crippen LogP contribution in [0, 0.1) is 10.1 Å². The summed E-state index contributed by atoms with van der Waals surface area (Å²) in [6.07, 6.45) is -8.82. The summed E-state index contributed by atoms with van der Waals surface area (Å²) in [6.45, 7) is 0. The van der Waals surface area contributed by atoms with Gasteiger partial charge in [0.25, 0.3) is 6.43 Å². The molecule has 1 heterocycles. The molecular weight excluding hydrogens is 255 g/mol. The number of H-pyrrole nitrogens is 1. The van der Waals surface area contributed by atoms with E-state index in [2.05, 4.69) is 0 Å². The van der Waals surface area contributed by atoms with Crippen molar-refractivity contribution in [2.45, 2.75) is 12.6 Å². The number of hydrogen-bond donors (Lipinski definition) is 1. The smallest absolute Gasteiger partial charge is 0.312 e. The fourth-order valence-electron chi connectivity index (χ4n) is 1.08. The SMILES string of the molecule is O=c1[nH]c(C(F)(F)F)c(C(F)F)cc1[N+](=O)[O-]. The van der Waals surface area contributed by atoms with E-state index in [0.717, 1.165) is 4.98 Å². The maximum Gasteiger partial charge on any atom is 0.431 e. The highest BCUT2D eigenvalue weighted by atomic mass is 19.4. The van der Waals surface area contributed by atoms with Crippen LogP contribution in [0.15, 0.2) is 10.9 Å². The molecule has 0 bridgehead atoms. The summed E-state index contributed by atoms with van der Waals surface area (Å²) in [6, 6.07) is -0.0771. The average Bonchev–Trinajstić information content (AvgIpc) is 2.14. The zero-order chi connectivity index (χ0) is 13.4. The van der Waals surface area contributed by atoms with Gasteiger partial charge in [0, 0.05) is 6.07 Å². The van der Waals surface area contributed by atoms with E-state index in [0.29, 0.717) is 0 Å². The van der Waals surface area contributed by atoms with Gasteiger partial charge in [0.2, 0.25) is 0 Å². The van der Waals surface area contributed by atoms with Gasteiger partial charge in [-0.05, 0) is 0 Å². The van der Waals surface area contributed by atoms with E-state index in [1.165, 1.54) is 0 Å². The summed E-state index contributed by atoms with van der Waals surface area (Å²) in [7, 11) is 0. The number of nitro groups is 1. The predicted octanol–water partition coefficient (Wildman–Crippen LogP) is 2.24. The molecule has 0 aliphatic carbocycles. The Morgan fingerprint density at radius 2 is 1.88 bits per heavy atom. The minimum Gasteiger partial charge on any atom is -0.312 e. The van der Waals surface area contributed by atoms with Crippen molar-refractivity contribution in [1.82, 2.24) is 4.98 Å². The predicted molar refractivity (Wildman–Crippen MR) is 43.7 cm³/mol. The van der Waals surface area contributed by atoms with Crippen molar-refractivity contribution in [3.05, 3.63) is 37.8 Å². The Hall–Kier alpha value is -2.00. The molecule has 0 atom stereocenters. The number of alkyl halides is 5. The second-order valence-corrected chi connectivity index (χ2v) is 2.87. The first-order valence-corrected chi connectivity index (χ1v) is 3.91. The van der Waals surface area contributed by atoms with Gasteiger partial charge in [-0.25, -0.2) is 8.78 Å². The molecule has 10 heteroatoms. The number of halogens is 5. The van der Waals surface area contributed by atoms with Crippen LogP contribution in [0.1, 0.15) is 17.7 Å². The lowest BCUT2D eigenvalue weighted by Gasteiger charge is -2.11. The lowest BCUT2D eigenvalue weighted by atomic mass is 10.2. The van der Waals surface area contributed by atoms with Gasteiger partial charge >= 0.3 is 17.4 Å². The molecule has 0 saturated heterocycles. The Kier molecular flexibility index (Phi) is 3.16. The first kappa shape index (κ1) is 13.1. The van der Waals surface area contributed by atoms with Crippen LogP contribution in [0.25, 0.3) is 0 Å². The molecule has 94 valence electrons. The van der Waals surface area contributed by atoms with Crippen LogP contribution >= 0.6 is 0 Å². The number of nitrogens with zero attached hydrogens (tertiary/aromatic N) is 1. The molecule has 0 aliphatic rings. The van der Waals surface area contributed by atoms with Crippen LogP contribution in [0.2, 0.25) is 0 Å². The molecule has 1 aromatic rings. The van der Waals surface area contributed by atoms with Crippen LogP contribution in [-0.4, -0.2) is 9.91 Å². The summed E-state index contributed by atoms with van der Waals surface area (Å²) in [4.78, 5) is 20.8. The summed E-state index contributed by atoms with van der Waals surface area (Å²) in [5.41, 5.74) is -6.67. The highest BCUT2D eigenvalue weighted by Crippen LogP contribution is 2.35. The number of rotatable bonds is 2. The van der Waals surface area contributed by atoms with Crippen LogP contribution < -0.4 is 5.56 Å². The van der Waals surface area contributed by atoms with Crippen LogP contribution in [0.3, 0.4) is 0 Å². The molecule has 1 aromatic heterocycles. The first-order chi connectivity index (χ1) is 7.64. The maximum absolute atomic E-state index is 12.3. The topological polar surface area (TPSA) is 76.0 Å². The van der Waals surface area contributed by atoms with Crippen LogP contribution in [-0.2, 0) is 6.18 Å². The Labute approximate surface area is 89.0 Å². The Morgan fingerprint density at radius 3 is 2.24 bits per heavy atom. The zero-order valence-corrected chi connectivity index (χ0v) is 7.72. The largest absolute Gasteiger partial charge is 0.431 e. The van der Waals surface area contributed by atoms with Crippen molar-refractivity contribution in [3.63, 3.8) is 0 Å². The van der Waals surface area contributed by atoms with Crippen molar-refractivity contribution in [1.29, 1.82) is 0 Å². The zero-order valence-electron chi connectivity index (χ0n) is 7.72. The molecule has 0 amide bonds. The number of nitrogens with one attached hydrogen (secondary N) is 1. The molecular formula is C7H3F5N2O3. The highest BCUT2D eigenvalue weighted by molar-refractivity contribution is 5.36. The highest BCUT2D eigenvalue weighted by Gasteiger charge is 2.38. The molecule has 0 fully saturated rings. The number of aromatic amines is 1. The Morgan fingerprint density at radius 1 is 1.35 bits per heavy atom. The molecule has 1 N–H and O–H groups in total. The number of hydrogen-bond acceptors (Lipinski definition) is 3. The van der Waals surface area contributed by atoms with Gasteiger partial charge in [-0.2, -0.15) is 13.2 Å². The molecule has 0 aliphatic heterocycles. The third-order valence-electron chi connectivity index (χ3n) is 1.77. The van der Waals surface area contributed by atoms with Crippen molar-refractivity contribution in [2.24, 2.45) is 0 Å². The van der Waals surface area contributed by atoms with Gasteiger partial charge < -0.3 is 4.98 Å². The van der Waals surface area contributed by atoms with E-state index in [9.17, 15) is 36.9 Å². The summed E-state index contributed by atoms with van der Waals surface area (Å²) >= 11 is 0. The Balaban J connectivity index is 3.59. The summed E-state index contributed by atoms with van der Waals surface area (Å²) < 4.78 is 61.3. The third-order valence-corrected chi connectivity index (χ3v) is 1.77. The van der Waals surface area contributed by atoms with E-state index in [1.807, 2.05) is 0 Å². The van der Waals surface area contributed by atoms with Gasteiger partial charge in [0.15, 0.2) is 0 Å². The lowest BCUT2D eigenvalue weighted by molar-refractivity contribution is -0.386. The fraction of sp³-hybridized carbons (Fsp3) is 0.286. The van der Waals surface area contributed by atoms with Gasteiger partial charge in [0.1, 0.15) is 5.69 Å². The van der Waals surface area contributed by atoms with Crippen LogP contribution in [0.4, 0.5) is 27.6 Å². The molecule has 0 spiro atoms. The van der Waals surface area contributed by atoms with E-state index in [4.69, 9.17) is 0 Å². The van der Waals surface area contributed by atoms with E-state index in [1.54, 1.807) is 0 Å². The van der Waals surface area contributed by atoms with Gasteiger partial charge in [-0.1, -0.05) is 0 Å². The van der Waals surface area contributed by atoms with Crippen molar-refractivity contribution < 1.29 is 26.9 Å². The number of pyridine rings is 1. The van der Waals surface area contributed by atoms with Crippen LogP contribution in [0.5, 0.6) is 0 Å². The third kappa shape index (κ3) is 2.57. The molecule has 5 nitrogen and oxygen atoms in total. The molecule has 0 saturated carbocycles. The summed E-state index contributed by atoms with van der Waals surface area (Å²) in [5.74, 6) is 0. The van der Waals surface area contributed by atoms with Crippen molar-refractivity contribution in [2.75, 3.05) is 0 Å². The minimum absolute atomic E-state index is 0.0771. The van der Waals surface area contributed by atoms with Crippen molar-refractivity contribution >= 4 is 5.69 Å².